The highest BCUT2D eigenvalue weighted by Crippen LogP contribution is 2.44. The molecule has 0 bridgehead atoms. The molecule has 1 aromatic carbocycles. The molecule has 1 saturated heterocycles. The van der Waals surface area contributed by atoms with Crippen molar-refractivity contribution in [1.29, 1.82) is 0 Å². The molecule has 0 amide bonds. The molecule has 2 aliphatic rings. The molecule has 2 heterocycles. The van der Waals surface area contributed by atoms with Gasteiger partial charge in [0.2, 0.25) is 0 Å². The molecule has 3 nitrogen and oxygen atoms in total. The Morgan fingerprint density at radius 3 is 2.62 bits per heavy atom. The second-order valence-corrected chi connectivity index (χ2v) is 9.94. The van der Waals surface area contributed by atoms with E-state index >= 15 is 0 Å². The van der Waals surface area contributed by atoms with Gasteiger partial charge in [-0.2, -0.15) is 0 Å². The van der Waals surface area contributed by atoms with Gasteiger partial charge < -0.3 is 9.22 Å². The van der Waals surface area contributed by atoms with Crippen LogP contribution in [0, 0.1) is 5.92 Å². The molecule has 2 atom stereocenters. The molecule has 154 valence electrons. The van der Waals surface area contributed by atoms with Crippen LogP contribution in [0.4, 0.5) is 0 Å². The maximum absolute atomic E-state index is 13.4. The molecule has 1 aliphatic carbocycles. The fraction of sp³-hybridized carbons (Fsp3) is 0.480. The maximum Gasteiger partial charge on any atom is 0.193 e. The van der Waals surface area contributed by atoms with Crippen LogP contribution in [0.15, 0.2) is 47.4 Å². The van der Waals surface area contributed by atoms with Gasteiger partial charge in [-0.25, -0.2) is 0 Å². The summed E-state index contributed by atoms with van der Waals surface area (Å²) in [6.45, 7) is 9.70. The molecule has 1 aliphatic heterocycles. The molecule has 2 unspecified atom stereocenters. The molecule has 1 fully saturated rings. The first-order chi connectivity index (χ1) is 14.0. The third-order valence-electron chi connectivity index (χ3n) is 6.93. The number of carbonyl (C=O) groups is 1. The summed E-state index contributed by atoms with van der Waals surface area (Å²) in [7, 11) is 2.37. The van der Waals surface area contributed by atoms with Crippen LogP contribution in [0.5, 0.6) is 0 Å². The number of hydrogen-bond donors (Lipinski definition) is 0. The van der Waals surface area contributed by atoms with Crippen LogP contribution in [0.2, 0.25) is 0 Å². The van der Waals surface area contributed by atoms with Crippen molar-refractivity contribution >= 4 is 22.7 Å². The predicted molar refractivity (Wildman–Crippen MR) is 120 cm³/mol. The van der Waals surface area contributed by atoms with Crippen molar-refractivity contribution in [2.24, 2.45) is 5.92 Å². The zero-order chi connectivity index (χ0) is 20.4. The summed E-state index contributed by atoms with van der Waals surface area (Å²) in [4.78, 5) is 14.8. The van der Waals surface area contributed by atoms with Crippen LogP contribution >= 0.6 is 11.3 Å². The van der Waals surface area contributed by atoms with Gasteiger partial charge in [0.25, 0.3) is 0 Å². The number of quaternary nitrogens is 1. The lowest BCUT2D eigenvalue weighted by Gasteiger charge is -2.39. The summed E-state index contributed by atoms with van der Waals surface area (Å²) >= 11 is 1.82. The number of ketones is 1. The van der Waals surface area contributed by atoms with Crippen molar-refractivity contribution in [2.45, 2.75) is 32.6 Å². The van der Waals surface area contributed by atoms with Crippen molar-refractivity contribution in [2.75, 3.05) is 39.9 Å². The van der Waals surface area contributed by atoms with Crippen molar-refractivity contribution in [3.63, 3.8) is 0 Å². The van der Waals surface area contributed by atoms with Crippen molar-refractivity contribution in [3.05, 3.63) is 63.4 Å². The van der Waals surface area contributed by atoms with Crippen molar-refractivity contribution in [1.82, 2.24) is 0 Å². The normalized spacial score (nSPS) is 24.1. The molecule has 4 heteroatoms. The van der Waals surface area contributed by atoms with Gasteiger partial charge in [0.15, 0.2) is 5.78 Å². The van der Waals surface area contributed by atoms with E-state index in [0.717, 1.165) is 48.3 Å². The number of Topliss-reactive ketones (excluding diaryl/α,β-unsaturated/α-hetero) is 1. The molecular weight excluding hydrogens is 378 g/mol. The minimum Gasteiger partial charge on any atom is -0.370 e. The van der Waals surface area contributed by atoms with E-state index in [9.17, 15) is 4.79 Å². The Morgan fingerprint density at radius 1 is 1.17 bits per heavy atom. The zero-order valence-electron chi connectivity index (χ0n) is 17.8. The van der Waals surface area contributed by atoms with E-state index in [1.165, 1.54) is 29.0 Å². The van der Waals surface area contributed by atoms with Crippen LogP contribution in [0.1, 0.15) is 53.4 Å². The number of thiophene rings is 1. The van der Waals surface area contributed by atoms with Gasteiger partial charge in [0.05, 0.1) is 26.8 Å². The monoisotopic (exact) mass is 410 g/mol. The Kier molecular flexibility index (Phi) is 6.05. The van der Waals surface area contributed by atoms with E-state index in [1.54, 1.807) is 0 Å². The molecule has 0 spiro atoms. The number of morpholine rings is 1. The van der Waals surface area contributed by atoms with E-state index in [-0.39, 0.29) is 5.78 Å². The first kappa shape index (κ1) is 20.5. The topological polar surface area (TPSA) is 26.3 Å². The van der Waals surface area contributed by atoms with Crippen LogP contribution in [-0.4, -0.2) is 50.2 Å². The fourth-order valence-electron chi connectivity index (χ4n) is 4.88. The predicted octanol–water partition coefficient (Wildman–Crippen LogP) is 5.39. The van der Waals surface area contributed by atoms with Crippen LogP contribution in [0.3, 0.4) is 0 Å². The highest BCUT2D eigenvalue weighted by atomic mass is 32.1. The minimum atomic E-state index is 0.169. The largest absolute Gasteiger partial charge is 0.370 e. The summed E-state index contributed by atoms with van der Waals surface area (Å²) in [5.74, 6) is 1.22. The number of carbonyl (C=O) groups excluding carboxylic acids is 1. The first-order valence-corrected chi connectivity index (χ1v) is 11.6. The zero-order valence-corrected chi connectivity index (χ0v) is 18.6. The average molecular weight is 411 g/mol. The number of ether oxygens (including phenoxy) is 1. The van der Waals surface area contributed by atoms with E-state index < -0.39 is 0 Å². The van der Waals surface area contributed by atoms with E-state index in [4.69, 9.17) is 4.74 Å². The van der Waals surface area contributed by atoms with Crippen LogP contribution in [0.25, 0.3) is 5.57 Å². The lowest BCUT2D eigenvalue weighted by molar-refractivity contribution is -0.917. The molecule has 0 N–H and O–H groups in total. The number of likely N-dealkylation sites (N-methyl/N-ethyl adjacent to an activating group) is 1. The SMILES string of the molecule is CC1=C(C(=O)c2ccccc2)c2ccsc2C(C)C(CC[N+]2(C)CCOCC2)C1. The fourth-order valence-corrected chi connectivity index (χ4v) is 5.94. The Hall–Kier alpha value is -1.75. The number of benzene rings is 1. The van der Waals surface area contributed by atoms with E-state index in [2.05, 4.69) is 32.3 Å². The molecule has 0 radical (unpaired) electrons. The number of allylic oxidation sites excluding steroid dienone is 2. The van der Waals surface area contributed by atoms with Crippen LogP contribution in [-0.2, 0) is 4.74 Å². The number of rotatable bonds is 5. The second-order valence-electron chi connectivity index (χ2n) is 8.99. The summed E-state index contributed by atoms with van der Waals surface area (Å²) in [5.41, 5.74) is 4.14. The molecule has 2 aromatic rings. The van der Waals surface area contributed by atoms with Gasteiger partial charge in [0.1, 0.15) is 13.1 Å². The summed E-state index contributed by atoms with van der Waals surface area (Å²) in [6, 6.07) is 11.9. The number of fused-ring (bicyclic) bond motifs is 1. The third kappa shape index (κ3) is 4.25. The average Bonchev–Trinajstić information content (AvgIpc) is 3.17. The molecule has 1 aromatic heterocycles. The van der Waals surface area contributed by atoms with Crippen molar-refractivity contribution < 1.29 is 14.0 Å². The van der Waals surface area contributed by atoms with E-state index in [1.807, 2.05) is 41.7 Å². The highest BCUT2D eigenvalue weighted by Gasteiger charge is 2.33. The summed E-state index contributed by atoms with van der Waals surface area (Å²) in [6.07, 6.45) is 2.20. The van der Waals surface area contributed by atoms with E-state index in [0.29, 0.717) is 11.8 Å². The van der Waals surface area contributed by atoms with Gasteiger partial charge in [-0.15, -0.1) is 11.3 Å². The summed E-state index contributed by atoms with van der Waals surface area (Å²) < 4.78 is 6.68. The Bertz CT molecular complexity index is 893. The van der Waals surface area contributed by atoms with Gasteiger partial charge in [0, 0.05) is 22.4 Å². The van der Waals surface area contributed by atoms with Crippen molar-refractivity contribution in [3.8, 4) is 0 Å². The quantitative estimate of drug-likeness (QED) is 0.488. The lowest BCUT2D eigenvalue weighted by atomic mass is 9.85. The van der Waals surface area contributed by atoms with Gasteiger partial charge in [-0.1, -0.05) is 42.8 Å². The lowest BCUT2D eigenvalue weighted by Crippen LogP contribution is -2.52. The Balaban J connectivity index is 1.62. The molecular formula is C25H32NO2S+. The minimum absolute atomic E-state index is 0.169. The second kappa shape index (κ2) is 8.55. The maximum atomic E-state index is 13.4. The summed E-state index contributed by atoms with van der Waals surface area (Å²) in [5, 5.41) is 2.16. The van der Waals surface area contributed by atoms with Crippen LogP contribution < -0.4 is 0 Å². The standard InChI is InChI=1S/C25H32NO2S/c1-18-17-21(9-11-26(3)12-14-28-15-13-26)19(2)25-22(10-16-29-25)23(18)24(27)20-7-5-4-6-8-20/h4-8,10,16,19,21H,9,11-15,17H2,1-3H3/q+1. The first-order valence-electron chi connectivity index (χ1n) is 10.8. The molecule has 4 rings (SSSR count). The van der Waals surface area contributed by atoms with Gasteiger partial charge >= 0.3 is 0 Å². The smallest absolute Gasteiger partial charge is 0.193 e. The van der Waals surface area contributed by atoms with Gasteiger partial charge in [-0.05, 0) is 42.2 Å². The molecule has 0 saturated carbocycles. The molecule has 29 heavy (non-hydrogen) atoms. The number of nitrogens with zero attached hydrogens (tertiary/aromatic N) is 1. The Labute approximate surface area is 178 Å². The third-order valence-corrected chi connectivity index (χ3v) is 8.05. The highest BCUT2D eigenvalue weighted by molar-refractivity contribution is 7.10. The van der Waals surface area contributed by atoms with Gasteiger partial charge in [-0.3, -0.25) is 4.79 Å². The number of hydrogen-bond acceptors (Lipinski definition) is 3. The Morgan fingerprint density at radius 2 is 1.90 bits per heavy atom.